The molecule has 0 saturated heterocycles. The molecule has 1 aromatic heterocycles. The van der Waals surface area contributed by atoms with Crippen molar-refractivity contribution in [1.29, 1.82) is 5.26 Å². The van der Waals surface area contributed by atoms with Gasteiger partial charge in [0.15, 0.2) is 11.1 Å². The third-order valence-electron chi connectivity index (χ3n) is 4.09. The summed E-state index contributed by atoms with van der Waals surface area (Å²) in [6.45, 7) is 4.61. The van der Waals surface area contributed by atoms with Crippen LogP contribution in [0.1, 0.15) is 24.8 Å². The Labute approximate surface area is 169 Å². The van der Waals surface area contributed by atoms with Gasteiger partial charge >= 0.3 is 0 Å². The summed E-state index contributed by atoms with van der Waals surface area (Å²) in [5.41, 5.74) is 1.24. The standard InChI is InChI=1S/C20H19ClN4O2S/c1-13(2)12-23-20-19(24-16-5-3-4-6-17(16)25-20)18(11-22)28(26,27)15-9-7-14(21)8-10-15/h3-10,13,18H,12H2,1-2H3,(H,23,25)/t18-/m1/s1. The van der Waals surface area contributed by atoms with Crippen LogP contribution in [0.2, 0.25) is 5.02 Å². The molecule has 3 aromatic rings. The monoisotopic (exact) mass is 414 g/mol. The fourth-order valence-corrected chi connectivity index (χ4v) is 4.18. The van der Waals surface area contributed by atoms with E-state index < -0.39 is 15.1 Å². The van der Waals surface area contributed by atoms with Crippen LogP contribution >= 0.6 is 11.6 Å². The first kappa shape index (κ1) is 20.1. The summed E-state index contributed by atoms with van der Waals surface area (Å²) in [4.78, 5) is 9.02. The van der Waals surface area contributed by atoms with Crippen LogP contribution in [0, 0.1) is 17.2 Å². The van der Waals surface area contributed by atoms with Gasteiger partial charge in [-0.3, -0.25) is 0 Å². The molecule has 8 heteroatoms. The van der Waals surface area contributed by atoms with E-state index in [9.17, 15) is 13.7 Å². The van der Waals surface area contributed by atoms with Crippen molar-refractivity contribution >= 4 is 38.3 Å². The van der Waals surface area contributed by atoms with Crippen LogP contribution in [0.5, 0.6) is 0 Å². The average Bonchev–Trinajstić information content (AvgIpc) is 2.67. The first-order valence-corrected chi connectivity index (χ1v) is 10.6. The second-order valence-corrected chi connectivity index (χ2v) is 9.20. The van der Waals surface area contributed by atoms with Crippen molar-refractivity contribution in [3.63, 3.8) is 0 Å². The molecular formula is C20H19ClN4O2S. The van der Waals surface area contributed by atoms with Gasteiger partial charge in [0.1, 0.15) is 5.69 Å². The zero-order valence-corrected chi connectivity index (χ0v) is 17.0. The van der Waals surface area contributed by atoms with Crippen molar-refractivity contribution in [3.05, 3.63) is 59.2 Å². The van der Waals surface area contributed by atoms with E-state index in [-0.39, 0.29) is 10.6 Å². The average molecular weight is 415 g/mol. The molecule has 0 spiro atoms. The Morgan fingerprint density at radius 1 is 1.07 bits per heavy atom. The van der Waals surface area contributed by atoms with Crippen LogP contribution in [-0.2, 0) is 9.84 Å². The lowest BCUT2D eigenvalue weighted by Crippen LogP contribution is -2.18. The van der Waals surface area contributed by atoms with Gasteiger partial charge in [0, 0.05) is 11.6 Å². The molecule has 0 saturated carbocycles. The number of sulfone groups is 1. The van der Waals surface area contributed by atoms with E-state index >= 15 is 0 Å². The normalized spacial score (nSPS) is 12.7. The van der Waals surface area contributed by atoms with E-state index in [1.807, 2.05) is 26.0 Å². The van der Waals surface area contributed by atoms with Crippen LogP contribution in [0.25, 0.3) is 11.0 Å². The van der Waals surface area contributed by atoms with E-state index in [4.69, 9.17) is 11.6 Å². The van der Waals surface area contributed by atoms with E-state index in [1.54, 1.807) is 18.2 Å². The summed E-state index contributed by atoms with van der Waals surface area (Å²) in [6.07, 6.45) is 0. The van der Waals surface area contributed by atoms with Crippen LogP contribution in [-0.4, -0.2) is 24.9 Å². The van der Waals surface area contributed by atoms with Crippen molar-refractivity contribution in [2.45, 2.75) is 24.0 Å². The maximum absolute atomic E-state index is 13.1. The Bertz CT molecular complexity index is 1140. The summed E-state index contributed by atoms with van der Waals surface area (Å²) >= 11 is 5.86. The number of hydrogen-bond donors (Lipinski definition) is 1. The third-order valence-corrected chi connectivity index (χ3v) is 6.22. The SMILES string of the molecule is CC(C)CNc1nc2ccccc2nc1[C@@H](C#N)S(=O)(=O)c1ccc(Cl)cc1. The minimum absolute atomic E-state index is 0.00761. The van der Waals surface area contributed by atoms with Gasteiger partial charge in [-0.05, 0) is 42.3 Å². The Kier molecular flexibility index (Phi) is 5.82. The maximum Gasteiger partial charge on any atom is 0.200 e. The lowest BCUT2D eigenvalue weighted by atomic mass is 10.2. The topological polar surface area (TPSA) is 95.7 Å². The van der Waals surface area contributed by atoms with Crippen LogP contribution in [0.3, 0.4) is 0 Å². The summed E-state index contributed by atoms with van der Waals surface area (Å²) in [5.74, 6) is 0.603. The predicted molar refractivity (Wildman–Crippen MR) is 110 cm³/mol. The summed E-state index contributed by atoms with van der Waals surface area (Å²) in [5, 5.41) is 11.8. The van der Waals surface area contributed by atoms with Gasteiger partial charge < -0.3 is 5.32 Å². The fraction of sp³-hybridized carbons (Fsp3) is 0.250. The number of hydrogen-bond acceptors (Lipinski definition) is 6. The fourth-order valence-electron chi connectivity index (χ4n) is 2.67. The largest absolute Gasteiger partial charge is 0.368 e. The summed E-state index contributed by atoms with van der Waals surface area (Å²) in [6, 6.07) is 14.8. The highest BCUT2D eigenvalue weighted by Crippen LogP contribution is 2.32. The number of halogens is 1. The lowest BCUT2D eigenvalue weighted by Gasteiger charge is -2.17. The van der Waals surface area contributed by atoms with Crippen LogP contribution in [0.15, 0.2) is 53.4 Å². The molecule has 2 aromatic carbocycles. The molecule has 0 aliphatic heterocycles. The smallest absolute Gasteiger partial charge is 0.200 e. The molecule has 0 fully saturated rings. The first-order chi connectivity index (χ1) is 13.3. The Balaban J connectivity index is 2.16. The highest BCUT2D eigenvalue weighted by Gasteiger charge is 2.33. The molecule has 144 valence electrons. The quantitative estimate of drug-likeness (QED) is 0.642. The van der Waals surface area contributed by atoms with E-state index in [1.165, 1.54) is 24.3 Å². The van der Waals surface area contributed by atoms with Crippen LogP contribution in [0.4, 0.5) is 5.82 Å². The number of para-hydroxylation sites is 2. The maximum atomic E-state index is 13.1. The predicted octanol–water partition coefficient (Wildman–Crippen LogP) is 4.39. The zero-order chi connectivity index (χ0) is 20.3. The van der Waals surface area contributed by atoms with Crippen molar-refractivity contribution in [2.75, 3.05) is 11.9 Å². The van der Waals surface area contributed by atoms with Crippen molar-refractivity contribution < 1.29 is 8.42 Å². The number of aromatic nitrogens is 2. The number of nitriles is 1. The highest BCUT2D eigenvalue weighted by molar-refractivity contribution is 7.92. The van der Waals surface area contributed by atoms with Gasteiger partial charge in [0.2, 0.25) is 9.84 Å². The summed E-state index contributed by atoms with van der Waals surface area (Å²) in [7, 11) is -4.01. The second kappa shape index (κ2) is 8.13. The zero-order valence-electron chi connectivity index (χ0n) is 15.4. The van der Waals surface area contributed by atoms with Crippen molar-refractivity contribution in [1.82, 2.24) is 9.97 Å². The molecule has 0 bridgehead atoms. The minimum atomic E-state index is -4.01. The first-order valence-electron chi connectivity index (χ1n) is 8.72. The van der Waals surface area contributed by atoms with E-state index in [0.717, 1.165) is 0 Å². The molecule has 0 amide bonds. The van der Waals surface area contributed by atoms with Gasteiger partial charge in [-0.1, -0.05) is 37.6 Å². The lowest BCUT2D eigenvalue weighted by molar-refractivity contribution is 0.590. The van der Waals surface area contributed by atoms with Crippen molar-refractivity contribution in [3.8, 4) is 6.07 Å². The second-order valence-electron chi connectivity index (χ2n) is 6.73. The molecule has 0 aliphatic rings. The number of fused-ring (bicyclic) bond motifs is 1. The van der Waals surface area contributed by atoms with Gasteiger partial charge in [-0.15, -0.1) is 0 Å². The molecule has 28 heavy (non-hydrogen) atoms. The molecule has 1 heterocycles. The van der Waals surface area contributed by atoms with Crippen molar-refractivity contribution in [2.24, 2.45) is 5.92 Å². The molecular weight excluding hydrogens is 396 g/mol. The Morgan fingerprint density at radius 3 is 2.25 bits per heavy atom. The van der Waals surface area contributed by atoms with Gasteiger partial charge in [-0.2, -0.15) is 5.26 Å². The number of nitrogens with one attached hydrogen (secondary N) is 1. The van der Waals surface area contributed by atoms with Gasteiger partial charge in [0.05, 0.1) is 22.0 Å². The minimum Gasteiger partial charge on any atom is -0.368 e. The molecule has 6 nitrogen and oxygen atoms in total. The molecule has 3 rings (SSSR count). The highest BCUT2D eigenvalue weighted by atomic mass is 35.5. The number of anilines is 1. The van der Waals surface area contributed by atoms with Gasteiger partial charge in [0.25, 0.3) is 0 Å². The Morgan fingerprint density at radius 2 is 1.68 bits per heavy atom. The van der Waals surface area contributed by atoms with E-state index in [0.29, 0.717) is 34.3 Å². The number of rotatable bonds is 6. The number of benzene rings is 2. The van der Waals surface area contributed by atoms with E-state index in [2.05, 4.69) is 15.3 Å². The third kappa shape index (κ3) is 4.08. The molecule has 1 N–H and O–H groups in total. The summed E-state index contributed by atoms with van der Waals surface area (Å²) < 4.78 is 26.3. The van der Waals surface area contributed by atoms with Crippen LogP contribution < -0.4 is 5.32 Å². The molecule has 0 unspecified atom stereocenters. The van der Waals surface area contributed by atoms with Gasteiger partial charge in [-0.25, -0.2) is 18.4 Å². The molecule has 0 aliphatic carbocycles. The molecule has 1 atom stereocenters. The molecule has 0 radical (unpaired) electrons. The number of nitrogens with zero attached hydrogens (tertiary/aromatic N) is 3. The Hall–Kier alpha value is -2.69.